The number of ether oxygens (including phenoxy) is 2. The van der Waals surface area contributed by atoms with E-state index in [1.54, 1.807) is 60.7 Å². The van der Waals surface area contributed by atoms with Crippen molar-refractivity contribution in [2.75, 3.05) is 0 Å². The number of rotatable bonds is 8. The van der Waals surface area contributed by atoms with E-state index in [9.17, 15) is 27.6 Å². The zero-order valence-corrected chi connectivity index (χ0v) is 23.3. The number of amides is 4. The van der Waals surface area contributed by atoms with Crippen LogP contribution in [0.1, 0.15) is 12.8 Å². The molecule has 43 heavy (non-hydrogen) atoms. The lowest BCUT2D eigenvalue weighted by Crippen LogP contribution is -2.55. The lowest BCUT2D eigenvalue weighted by molar-refractivity contribution is -0.155. The molecule has 2 aliphatic heterocycles. The van der Waals surface area contributed by atoms with E-state index in [-0.39, 0.29) is 22.7 Å². The van der Waals surface area contributed by atoms with Crippen LogP contribution < -0.4 is 9.47 Å². The highest BCUT2D eigenvalue weighted by Crippen LogP contribution is 2.38. The minimum Gasteiger partial charge on any atom is -0.463 e. The smallest absolute Gasteiger partial charge is 0.257 e. The molecule has 2 unspecified atom stereocenters. The van der Waals surface area contributed by atoms with Gasteiger partial charge in [0.15, 0.2) is 0 Å². The first-order valence-electron chi connectivity index (χ1n) is 13.3. The molecular weight excluding hydrogens is 572 g/mol. The molecule has 4 aliphatic rings. The van der Waals surface area contributed by atoms with Crippen molar-refractivity contribution in [1.29, 1.82) is 0 Å². The monoisotopic (exact) mass is 596 g/mol. The molecule has 2 heterocycles. The number of hydrogen-bond acceptors (Lipinski definition) is 8. The summed E-state index contributed by atoms with van der Waals surface area (Å²) in [5, 5.41) is 0. The lowest BCUT2D eigenvalue weighted by atomic mass is 10.0. The van der Waals surface area contributed by atoms with E-state index in [1.807, 2.05) is 0 Å². The first-order valence-corrected chi connectivity index (χ1v) is 14.8. The van der Waals surface area contributed by atoms with Gasteiger partial charge in [0.1, 0.15) is 11.5 Å². The van der Waals surface area contributed by atoms with Crippen LogP contribution in [0.3, 0.4) is 0 Å². The number of carbonyl (C=O) groups is 4. The van der Waals surface area contributed by atoms with Crippen LogP contribution in [0.4, 0.5) is 0 Å². The fourth-order valence-electron chi connectivity index (χ4n) is 5.23. The normalized spacial score (nSPS) is 24.9. The summed E-state index contributed by atoms with van der Waals surface area (Å²) < 4.78 is 39.7. The molecule has 0 fully saturated rings. The lowest BCUT2D eigenvalue weighted by Gasteiger charge is -2.39. The predicted octanol–water partition coefficient (Wildman–Crippen LogP) is 3.49. The third-order valence-corrected chi connectivity index (χ3v) is 9.13. The van der Waals surface area contributed by atoms with E-state index in [4.69, 9.17) is 9.47 Å². The van der Waals surface area contributed by atoms with Crippen molar-refractivity contribution in [3.05, 3.63) is 131 Å². The van der Waals surface area contributed by atoms with Gasteiger partial charge in [-0.25, -0.2) is 18.2 Å². The fourth-order valence-corrected chi connectivity index (χ4v) is 6.60. The Morgan fingerprint density at radius 2 is 0.884 bits per heavy atom. The molecule has 6 rings (SSSR count). The summed E-state index contributed by atoms with van der Waals surface area (Å²) in [6.45, 7) is 0. The summed E-state index contributed by atoms with van der Waals surface area (Å²) in [4.78, 5) is 52.3. The second-order valence-corrected chi connectivity index (χ2v) is 12.0. The van der Waals surface area contributed by atoms with Crippen molar-refractivity contribution in [2.45, 2.75) is 24.3 Å². The van der Waals surface area contributed by atoms with Gasteiger partial charge in [-0.3, -0.25) is 19.2 Å². The number of carbonyl (C=O) groups excluding carboxylic acids is 4. The standard InChI is InChI=1S/C32H24N2O8S/c35-27-11-12-28(36)33(27)31(41-23-7-3-1-4-8-23)19-15-25(16-20-31)43(39,40)26-17-21-32(22-18-26,34-29(37)13-14-30(34)38)42-24-9-5-2-6-10-24/h1-19,21H,20,22H2. The van der Waals surface area contributed by atoms with Crippen LogP contribution >= 0.6 is 0 Å². The second kappa shape index (κ2) is 10.5. The maximum atomic E-state index is 13.7. The largest absolute Gasteiger partial charge is 0.463 e. The van der Waals surface area contributed by atoms with Crippen LogP contribution in [0, 0.1) is 0 Å². The first-order chi connectivity index (χ1) is 20.6. The van der Waals surface area contributed by atoms with E-state index >= 15 is 0 Å². The van der Waals surface area contributed by atoms with Gasteiger partial charge in [-0.05, 0) is 48.6 Å². The third-order valence-electron chi connectivity index (χ3n) is 7.28. The maximum Gasteiger partial charge on any atom is 0.257 e. The number of sulfone groups is 1. The minimum atomic E-state index is -4.10. The van der Waals surface area contributed by atoms with E-state index in [1.165, 1.54) is 36.5 Å². The zero-order chi connectivity index (χ0) is 30.2. The molecule has 0 saturated carbocycles. The SMILES string of the molecule is O=C1C=CC(=O)N1C1(Oc2ccccc2)C=CC(S(=O)(=O)C2=CCC(Oc3ccccc3)(N3C(=O)C=CC3=O)C=C2)=CC1. The van der Waals surface area contributed by atoms with Crippen LogP contribution in [-0.2, 0) is 29.0 Å². The molecular formula is C32H24N2O8S. The maximum absolute atomic E-state index is 13.7. The number of benzene rings is 2. The average molecular weight is 597 g/mol. The first kappa shape index (κ1) is 27.9. The van der Waals surface area contributed by atoms with Gasteiger partial charge in [-0.2, -0.15) is 0 Å². The summed E-state index contributed by atoms with van der Waals surface area (Å²) >= 11 is 0. The van der Waals surface area contributed by atoms with Gasteiger partial charge in [-0.1, -0.05) is 48.6 Å². The van der Waals surface area contributed by atoms with Gasteiger partial charge in [0.25, 0.3) is 23.6 Å². The zero-order valence-electron chi connectivity index (χ0n) is 22.5. The summed E-state index contributed by atoms with van der Waals surface area (Å²) in [7, 11) is -4.10. The summed E-state index contributed by atoms with van der Waals surface area (Å²) in [6, 6.07) is 17.1. The van der Waals surface area contributed by atoms with Gasteiger partial charge in [0, 0.05) is 37.1 Å². The Morgan fingerprint density at radius 1 is 0.535 bits per heavy atom. The minimum absolute atomic E-state index is 0.0748. The molecule has 2 aromatic rings. The molecule has 0 spiro atoms. The molecule has 4 amide bonds. The summed E-state index contributed by atoms with van der Waals surface area (Å²) in [5.74, 6) is -1.58. The van der Waals surface area contributed by atoms with E-state index in [2.05, 4.69) is 0 Å². The highest BCUT2D eigenvalue weighted by atomic mass is 32.2. The van der Waals surface area contributed by atoms with E-state index in [0.29, 0.717) is 11.5 Å². The molecule has 2 atom stereocenters. The van der Waals surface area contributed by atoms with Crippen molar-refractivity contribution >= 4 is 33.5 Å². The Labute approximate surface area is 247 Å². The molecule has 0 bridgehead atoms. The number of para-hydroxylation sites is 2. The second-order valence-electron chi connectivity index (χ2n) is 10.0. The Hall–Kier alpha value is -5.29. The molecule has 11 heteroatoms. The summed E-state index contributed by atoms with van der Waals surface area (Å²) in [5.41, 5.74) is -3.17. The van der Waals surface area contributed by atoms with Crippen LogP contribution in [0.25, 0.3) is 0 Å². The fraction of sp³-hybridized carbons (Fsp3) is 0.125. The average Bonchev–Trinajstić information content (AvgIpc) is 3.54. The number of imide groups is 2. The highest BCUT2D eigenvalue weighted by Gasteiger charge is 2.48. The van der Waals surface area contributed by atoms with E-state index < -0.39 is 44.9 Å². The molecule has 10 nitrogen and oxygen atoms in total. The molecule has 0 saturated heterocycles. The van der Waals surface area contributed by atoms with Crippen LogP contribution in [-0.4, -0.2) is 53.3 Å². The third kappa shape index (κ3) is 4.93. The Morgan fingerprint density at radius 3 is 1.19 bits per heavy atom. The molecule has 0 radical (unpaired) electrons. The molecule has 216 valence electrons. The van der Waals surface area contributed by atoms with Crippen molar-refractivity contribution in [2.24, 2.45) is 0 Å². The molecule has 0 N–H and O–H groups in total. The number of allylic oxidation sites excluding steroid dienone is 2. The van der Waals surface area contributed by atoms with Gasteiger partial charge in [0.2, 0.25) is 21.3 Å². The molecule has 2 aliphatic carbocycles. The van der Waals surface area contributed by atoms with Crippen LogP contribution in [0.5, 0.6) is 11.5 Å². The van der Waals surface area contributed by atoms with Crippen molar-refractivity contribution in [3.8, 4) is 11.5 Å². The quantitative estimate of drug-likeness (QED) is 0.424. The van der Waals surface area contributed by atoms with Crippen molar-refractivity contribution < 1.29 is 37.1 Å². The van der Waals surface area contributed by atoms with Gasteiger partial charge in [-0.15, -0.1) is 0 Å². The van der Waals surface area contributed by atoms with Gasteiger partial charge >= 0.3 is 0 Å². The number of hydrogen-bond donors (Lipinski definition) is 0. The van der Waals surface area contributed by atoms with Gasteiger partial charge < -0.3 is 9.47 Å². The Kier molecular flexibility index (Phi) is 6.82. The molecule has 2 aromatic carbocycles. The predicted molar refractivity (Wildman–Crippen MR) is 154 cm³/mol. The Balaban J connectivity index is 1.29. The number of nitrogens with zero attached hydrogens (tertiary/aromatic N) is 2. The topological polar surface area (TPSA) is 127 Å². The van der Waals surface area contributed by atoms with Crippen LogP contribution in [0.15, 0.2) is 131 Å². The Bertz CT molecular complexity index is 1660. The molecule has 0 aromatic heterocycles. The summed E-state index contributed by atoms with van der Waals surface area (Å²) in [6.07, 6.45) is 12.4. The highest BCUT2D eigenvalue weighted by molar-refractivity contribution is 7.99. The van der Waals surface area contributed by atoms with Crippen LogP contribution in [0.2, 0.25) is 0 Å². The van der Waals surface area contributed by atoms with Crippen molar-refractivity contribution in [3.63, 3.8) is 0 Å². The van der Waals surface area contributed by atoms with E-state index in [0.717, 1.165) is 34.1 Å². The van der Waals surface area contributed by atoms with Gasteiger partial charge in [0.05, 0.1) is 9.81 Å². The van der Waals surface area contributed by atoms with Crippen molar-refractivity contribution in [1.82, 2.24) is 9.80 Å².